The number of nitrogens with zero attached hydrogens (tertiary/aromatic N) is 1. The zero-order valence-electron chi connectivity index (χ0n) is 10.7. The van der Waals surface area contributed by atoms with Gasteiger partial charge in [0.05, 0.1) is 0 Å². The Kier molecular flexibility index (Phi) is 2.92. The second-order valence-corrected chi connectivity index (χ2v) is 5.19. The van der Waals surface area contributed by atoms with Crippen LogP contribution in [-0.2, 0) is 0 Å². The lowest BCUT2D eigenvalue weighted by atomic mass is 9.92. The highest BCUT2D eigenvalue weighted by Gasteiger charge is 2.34. The predicted molar refractivity (Wildman–Crippen MR) is 69.6 cm³/mol. The van der Waals surface area contributed by atoms with Crippen molar-refractivity contribution in [2.75, 3.05) is 5.32 Å². The van der Waals surface area contributed by atoms with Crippen LogP contribution in [0.2, 0.25) is 0 Å². The molecule has 0 saturated heterocycles. The SMILES string of the molecule is Cc1nc2ccc(NC3CCC(F)(F)CC3)cc2o1. The monoisotopic (exact) mass is 266 g/mol. The highest BCUT2D eigenvalue weighted by molar-refractivity contribution is 5.77. The summed E-state index contributed by atoms with van der Waals surface area (Å²) in [5.41, 5.74) is 2.45. The molecule has 5 heteroatoms. The summed E-state index contributed by atoms with van der Waals surface area (Å²) in [7, 11) is 0. The Labute approximate surface area is 110 Å². The maximum Gasteiger partial charge on any atom is 0.248 e. The number of alkyl halides is 2. The van der Waals surface area contributed by atoms with Gasteiger partial charge in [-0.1, -0.05) is 0 Å². The Morgan fingerprint density at radius 3 is 2.79 bits per heavy atom. The van der Waals surface area contributed by atoms with E-state index in [2.05, 4.69) is 10.3 Å². The fraction of sp³-hybridized carbons (Fsp3) is 0.500. The molecular weight excluding hydrogens is 250 g/mol. The number of rotatable bonds is 2. The molecule has 0 unspecified atom stereocenters. The number of fused-ring (bicyclic) bond motifs is 1. The number of halogens is 2. The van der Waals surface area contributed by atoms with E-state index < -0.39 is 5.92 Å². The quantitative estimate of drug-likeness (QED) is 0.888. The van der Waals surface area contributed by atoms with Crippen LogP contribution in [0.3, 0.4) is 0 Å². The van der Waals surface area contributed by atoms with Gasteiger partial charge in [-0.2, -0.15) is 0 Å². The maximum absolute atomic E-state index is 13.1. The fourth-order valence-corrected chi connectivity index (χ4v) is 2.55. The highest BCUT2D eigenvalue weighted by Crippen LogP contribution is 2.34. The van der Waals surface area contributed by atoms with Crippen molar-refractivity contribution in [1.29, 1.82) is 0 Å². The number of nitrogens with one attached hydrogen (secondary N) is 1. The van der Waals surface area contributed by atoms with Gasteiger partial charge in [-0.3, -0.25) is 0 Å². The van der Waals surface area contributed by atoms with E-state index in [1.165, 1.54) is 0 Å². The molecule has 0 aliphatic heterocycles. The molecule has 3 nitrogen and oxygen atoms in total. The van der Waals surface area contributed by atoms with Crippen molar-refractivity contribution in [3.63, 3.8) is 0 Å². The van der Waals surface area contributed by atoms with E-state index in [9.17, 15) is 8.78 Å². The third kappa shape index (κ3) is 2.69. The summed E-state index contributed by atoms with van der Waals surface area (Å²) in [4.78, 5) is 4.23. The zero-order valence-corrected chi connectivity index (χ0v) is 10.7. The first-order chi connectivity index (χ1) is 9.02. The minimum atomic E-state index is -2.48. The lowest BCUT2D eigenvalue weighted by Gasteiger charge is -2.29. The second-order valence-electron chi connectivity index (χ2n) is 5.19. The van der Waals surface area contributed by atoms with Crippen LogP contribution in [0.4, 0.5) is 14.5 Å². The van der Waals surface area contributed by atoms with Gasteiger partial charge >= 0.3 is 0 Å². The Morgan fingerprint density at radius 2 is 2.05 bits per heavy atom. The first-order valence-corrected chi connectivity index (χ1v) is 6.53. The first-order valence-electron chi connectivity index (χ1n) is 6.53. The first kappa shape index (κ1) is 12.4. The summed E-state index contributed by atoms with van der Waals surface area (Å²) < 4.78 is 31.6. The van der Waals surface area contributed by atoms with Crippen LogP contribution in [0.25, 0.3) is 11.1 Å². The lowest BCUT2D eigenvalue weighted by molar-refractivity contribution is -0.0360. The van der Waals surface area contributed by atoms with Gasteiger partial charge in [-0.15, -0.1) is 0 Å². The predicted octanol–water partition coefficient (Wildman–Crippen LogP) is 4.13. The van der Waals surface area contributed by atoms with Gasteiger partial charge in [0.25, 0.3) is 0 Å². The van der Waals surface area contributed by atoms with E-state index in [0.29, 0.717) is 18.7 Å². The number of aryl methyl sites for hydroxylation is 1. The average molecular weight is 266 g/mol. The Bertz CT molecular complexity index is 584. The Balaban J connectivity index is 1.71. The van der Waals surface area contributed by atoms with E-state index in [4.69, 9.17) is 4.42 Å². The Hall–Kier alpha value is -1.65. The summed E-state index contributed by atoms with van der Waals surface area (Å²) in [6.45, 7) is 1.80. The van der Waals surface area contributed by atoms with Crippen molar-refractivity contribution in [3.05, 3.63) is 24.1 Å². The number of hydrogen-bond donors (Lipinski definition) is 1. The van der Waals surface area contributed by atoms with Crippen LogP contribution in [0.1, 0.15) is 31.6 Å². The number of benzene rings is 1. The fourth-order valence-electron chi connectivity index (χ4n) is 2.55. The van der Waals surface area contributed by atoms with Crippen molar-refractivity contribution in [2.45, 2.75) is 44.6 Å². The molecule has 0 spiro atoms. The van der Waals surface area contributed by atoms with Crippen LogP contribution in [0.5, 0.6) is 0 Å². The number of hydrogen-bond acceptors (Lipinski definition) is 3. The third-order valence-electron chi connectivity index (χ3n) is 3.58. The van der Waals surface area contributed by atoms with Gasteiger partial charge < -0.3 is 9.73 Å². The summed E-state index contributed by atoms with van der Waals surface area (Å²) >= 11 is 0. The summed E-state index contributed by atoms with van der Waals surface area (Å²) in [6.07, 6.45) is 0.934. The minimum absolute atomic E-state index is 0.0334. The second kappa shape index (κ2) is 4.47. The van der Waals surface area contributed by atoms with Crippen LogP contribution in [0.15, 0.2) is 22.6 Å². The lowest BCUT2D eigenvalue weighted by Crippen LogP contribution is -2.31. The molecule has 1 fully saturated rings. The molecule has 1 heterocycles. The largest absolute Gasteiger partial charge is 0.441 e. The van der Waals surface area contributed by atoms with E-state index in [1.54, 1.807) is 6.92 Å². The molecule has 0 radical (unpaired) electrons. The zero-order chi connectivity index (χ0) is 13.5. The molecule has 2 aromatic rings. The van der Waals surface area contributed by atoms with Gasteiger partial charge in [0.2, 0.25) is 5.92 Å². The normalized spacial score (nSPS) is 19.7. The summed E-state index contributed by atoms with van der Waals surface area (Å²) in [5, 5.41) is 3.30. The molecule has 1 saturated carbocycles. The number of oxazole rings is 1. The molecule has 1 aliphatic rings. The van der Waals surface area contributed by atoms with E-state index in [0.717, 1.165) is 16.8 Å². The van der Waals surface area contributed by atoms with Crippen molar-refractivity contribution in [1.82, 2.24) is 4.98 Å². The molecule has 0 atom stereocenters. The molecule has 1 aromatic heterocycles. The standard InChI is InChI=1S/C14H16F2N2O/c1-9-17-12-3-2-11(8-13(12)19-9)18-10-4-6-14(15,16)7-5-10/h2-3,8,10,18H,4-7H2,1H3. The number of aromatic nitrogens is 1. The maximum atomic E-state index is 13.1. The number of anilines is 1. The van der Waals surface area contributed by atoms with E-state index in [1.807, 2.05) is 18.2 Å². The molecule has 0 amide bonds. The van der Waals surface area contributed by atoms with Gasteiger partial charge in [0.1, 0.15) is 5.52 Å². The summed E-state index contributed by atoms with van der Waals surface area (Å²) in [5.74, 6) is -1.85. The van der Waals surface area contributed by atoms with Crippen molar-refractivity contribution in [3.8, 4) is 0 Å². The molecular formula is C14H16F2N2O. The van der Waals surface area contributed by atoms with Crippen molar-refractivity contribution >= 4 is 16.8 Å². The minimum Gasteiger partial charge on any atom is -0.441 e. The van der Waals surface area contributed by atoms with E-state index in [-0.39, 0.29) is 18.9 Å². The molecule has 3 rings (SSSR count). The molecule has 1 aromatic carbocycles. The Morgan fingerprint density at radius 1 is 1.32 bits per heavy atom. The van der Waals surface area contributed by atoms with Gasteiger partial charge in [0, 0.05) is 37.6 Å². The van der Waals surface area contributed by atoms with Gasteiger partial charge in [-0.05, 0) is 25.0 Å². The molecule has 19 heavy (non-hydrogen) atoms. The van der Waals surface area contributed by atoms with E-state index >= 15 is 0 Å². The average Bonchev–Trinajstić information content (AvgIpc) is 2.71. The summed E-state index contributed by atoms with van der Waals surface area (Å²) in [6, 6.07) is 5.78. The molecule has 0 bridgehead atoms. The van der Waals surface area contributed by atoms with Crippen molar-refractivity contribution < 1.29 is 13.2 Å². The smallest absolute Gasteiger partial charge is 0.248 e. The van der Waals surface area contributed by atoms with Gasteiger partial charge in [-0.25, -0.2) is 13.8 Å². The molecule has 1 aliphatic carbocycles. The van der Waals surface area contributed by atoms with Gasteiger partial charge in [0.15, 0.2) is 11.5 Å². The molecule has 1 N–H and O–H groups in total. The topological polar surface area (TPSA) is 38.1 Å². The van der Waals surface area contributed by atoms with Crippen LogP contribution >= 0.6 is 0 Å². The highest BCUT2D eigenvalue weighted by atomic mass is 19.3. The van der Waals surface area contributed by atoms with Crippen molar-refractivity contribution in [2.24, 2.45) is 0 Å². The van der Waals surface area contributed by atoms with Crippen LogP contribution in [-0.4, -0.2) is 16.9 Å². The third-order valence-corrected chi connectivity index (χ3v) is 3.58. The van der Waals surface area contributed by atoms with Crippen LogP contribution in [0, 0.1) is 6.92 Å². The van der Waals surface area contributed by atoms with Crippen LogP contribution < -0.4 is 5.32 Å². The molecule has 102 valence electrons.